The van der Waals surface area contributed by atoms with Crippen LogP contribution in [-0.2, 0) is 0 Å². The highest BCUT2D eigenvalue weighted by Gasteiger charge is 2.27. The van der Waals surface area contributed by atoms with Gasteiger partial charge in [-0.2, -0.15) is 5.10 Å². The van der Waals surface area contributed by atoms with E-state index in [4.69, 9.17) is 0 Å². The van der Waals surface area contributed by atoms with E-state index in [9.17, 15) is 0 Å². The molecular formula is C8H12BrN3. The molecule has 2 rings (SSSR count). The van der Waals surface area contributed by atoms with Crippen LogP contribution in [0.25, 0.3) is 0 Å². The number of hydrogen-bond acceptors (Lipinski definition) is 2. The molecule has 0 atom stereocenters. The fourth-order valence-corrected chi connectivity index (χ4v) is 2.02. The van der Waals surface area contributed by atoms with Gasteiger partial charge in [0.2, 0.25) is 0 Å². The molecule has 0 bridgehead atoms. The minimum atomic E-state index is 0.578. The first-order valence-electron chi connectivity index (χ1n) is 4.22. The van der Waals surface area contributed by atoms with Gasteiger partial charge in [-0.3, -0.25) is 9.58 Å². The maximum Gasteiger partial charge on any atom is 0.104 e. The summed E-state index contributed by atoms with van der Waals surface area (Å²) in [5.74, 6) is 0. The lowest BCUT2D eigenvalue weighted by Gasteiger charge is -2.38. The third-order valence-electron chi connectivity index (χ3n) is 2.35. The first-order chi connectivity index (χ1) is 5.81. The molecule has 0 radical (unpaired) electrons. The lowest BCUT2D eigenvalue weighted by molar-refractivity contribution is 0.104. The minimum Gasteiger partial charge on any atom is -0.299 e. The summed E-state index contributed by atoms with van der Waals surface area (Å²) in [6.45, 7) is 5.61. The lowest BCUT2D eigenvalue weighted by Crippen LogP contribution is -2.47. The van der Waals surface area contributed by atoms with Crippen LogP contribution in [0.4, 0.5) is 0 Å². The largest absolute Gasteiger partial charge is 0.299 e. The lowest BCUT2D eigenvalue weighted by atomic mass is 10.1. The molecule has 1 aromatic heterocycles. The van der Waals surface area contributed by atoms with Crippen molar-refractivity contribution < 1.29 is 0 Å². The SMILES string of the molecule is CCN1CC(n2nccc2Br)C1. The van der Waals surface area contributed by atoms with Crippen molar-refractivity contribution in [3.05, 3.63) is 16.9 Å². The summed E-state index contributed by atoms with van der Waals surface area (Å²) in [6.07, 6.45) is 1.83. The molecular weight excluding hydrogens is 218 g/mol. The molecule has 0 N–H and O–H groups in total. The molecule has 1 aromatic rings. The van der Waals surface area contributed by atoms with E-state index in [2.05, 4.69) is 32.9 Å². The van der Waals surface area contributed by atoms with Crippen molar-refractivity contribution in [1.29, 1.82) is 0 Å². The fourth-order valence-electron chi connectivity index (χ4n) is 1.52. The Morgan fingerprint density at radius 1 is 1.67 bits per heavy atom. The number of rotatable bonds is 2. The van der Waals surface area contributed by atoms with Gasteiger partial charge in [0.05, 0.1) is 12.2 Å². The quantitative estimate of drug-likeness (QED) is 0.768. The van der Waals surface area contributed by atoms with Crippen LogP contribution in [0.3, 0.4) is 0 Å². The second kappa shape index (κ2) is 3.18. The van der Waals surface area contributed by atoms with Crippen LogP contribution in [0.5, 0.6) is 0 Å². The maximum absolute atomic E-state index is 4.25. The van der Waals surface area contributed by atoms with Gasteiger partial charge in [0, 0.05) is 13.1 Å². The predicted molar refractivity (Wildman–Crippen MR) is 51.1 cm³/mol. The Bertz CT molecular complexity index is 265. The maximum atomic E-state index is 4.25. The van der Waals surface area contributed by atoms with Crippen LogP contribution >= 0.6 is 15.9 Å². The molecule has 4 heteroatoms. The first kappa shape index (κ1) is 8.26. The highest BCUT2D eigenvalue weighted by atomic mass is 79.9. The van der Waals surface area contributed by atoms with Crippen molar-refractivity contribution in [2.75, 3.05) is 19.6 Å². The molecule has 1 saturated heterocycles. The van der Waals surface area contributed by atoms with Gasteiger partial charge >= 0.3 is 0 Å². The minimum absolute atomic E-state index is 0.578. The summed E-state index contributed by atoms with van der Waals surface area (Å²) in [7, 11) is 0. The number of likely N-dealkylation sites (tertiary alicyclic amines) is 1. The standard InChI is InChI=1S/C8H12BrN3/c1-2-11-5-7(6-11)12-8(9)3-4-10-12/h3-4,7H,2,5-6H2,1H3. The molecule has 0 unspecified atom stereocenters. The van der Waals surface area contributed by atoms with Crippen LogP contribution in [0.1, 0.15) is 13.0 Å². The monoisotopic (exact) mass is 229 g/mol. The summed E-state index contributed by atoms with van der Waals surface area (Å²) in [4.78, 5) is 2.40. The Balaban J connectivity index is 2.01. The van der Waals surface area contributed by atoms with Gasteiger partial charge in [0.25, 0.3) is 0 Å². The number of hydrogen-bond donors (Lipinski definition) is 0. The second-order valence-corrected chi connectivity index (χ2v) is 3.92. The topological polar surface area (TPSA) is 21.1 Å². The first-order valence-corrected chi connectivity index (χ1v) is 5.02. The van der Waals surface area contributed by atoms with E-state index in [0.717, 1.165) is 24.2 Å². The van der Waals surface area contributed by atoms with Gasteiger partial charge in [-0.1, -0.05) is 6.92 Å². The zero-order valence-corrected chi connectivity index (χ0v) is 8.66. The third-order valence-corrected chi connectivity index (χ3v) is 2.98. The molecule has 0 saturated carbocycles. The number of nitrogens with zero attached hydrogens (tertiary/aromatic N) is 3. The van der Waals surface area contributed by atoms with E-state index in [1.807, 2.05) is 16.9 Å². The molecule has 1 aliphatic heterocycles. The number of halogens is 1. The van der Waals surface area contributed by atoms with E-state index in [0.29, 0.717) is 6.04 Å². The van der Waals surface area contributed by atoms with Crippen molar-refractivity contribution in [1.82, 2.24) is 14.7 Å². The van der Waals surface area contributed by atoms with E-state index < -0.39 is 0 Å². The van der Waals surface area contributed by atoms with E-state index >= 15 is 0 Å². The predicted octanol–water partition coefficient (Wildman–Crippen LogP) is 1.52. The van der Waals surface area contributed by atoms with Crippen LogP contribution in [-0.4, -0.2) is 34.3 Å². The fraction of sp³-hybridized carbons (Fsp3) is 0.625. The van der Waals surface area contributed by atoms with Gasteiger partial charge in [-0.25, -0.2) is 0 Å². The number of likely N-dealkylation sites (N-methyl/N-ethyl adjacent to an activating group) is 1. The summed E-state index contributed by atoms with van der Waals surface area (Å²) in [5, 5.41) is 4.25. The molecule has 1 fully saturated rings. The van der Waals surface area contributed by atoms with Crippen LogP contribution < -0.4 is 0 Å². The van der Waals surface area contributed by atoms with Gasteiger partial charge < -0.3 is 0 Å². The van der Waals surface area contributed by atoms with Crippen molar-refractivity contribution in [2.45, 2.75) is 13.0 Å². The van der Waals surface area contributed by atoms with Crippen LogP contribution in [0.15, 0.2) is 16.9 Å². The molecule has 12 heavy (non-hydrogen) atoms. The van der Waals surface area contributed by atoms with Gasteiger partial charge in [0.15, 0.2) is 0 Å². The molecule has 3 nitrogen and oxygen atoms in total. The highest BCUT2D eigenvalue weighted by Crippen LogP contribution is 2.23. The molecule has 0 aromatic carbocycles. The van der Waals surface area contributed by atoms with E-state index in [1.165, 1.54) is 0 Å². The Kier molecular flexibility index (Phi) is 2.19. The van der Waals surface area contributed by atoms with E-state index in [-0.39, 0.29) is 0 Å². The van der Waals surface area contributed by atoms with Crippen molar-refractivity contribution in [2.24, 2.45) is 0 Å². The highest BCUT2D eigenvalue weighted by molar-refractivity contribution is 9.10. The molecule has 2 heterocycles. The van der Waals surface area contributed by atoms with Gasteiger partial charge in [-0.15, -0.1) is 0 Å². The normalized spacial score (nSPS) is 19.5. The molecule has 0 spiro atoms. The molecule has 1 aliphatic rings. The average molecular weight is 230 g/mol. The zero-order valence-electron chi connectivity index (χ0n) is 7.07. The smallest absolute Gasteiger partial charge is 0.104 e. The third kappa shape index (κ3) is 1.29. The summed E-state index contributed by atoms with van der Waals surface area (Å²) in [6, 6.07) is 2.56. The zero-order chi connectivity index (χ0) is 8.55. The van der Waals surface area contributed by atoms with E-state index in [1.54, 1.807) is 0 Å². The second-order valence-electron chi connectivity index (χ2n) is 3.10. The summed E-state index contributed by atoms with van der Waals surface area (Å²) in [5.41, 5.74) is 0. The Morgan fingerprint density at radius 3 is 2.92 bits per heavy atom. The van der Waals surface area contributed by atoms with Crippen LogP contribution in [0, 0.1) is 0 Å². The Hall–Kier alpha value is -0.350. The van der Waals surface area contributed by atoms with Gasteiger partial charge in [-0.05, 0) is 28.5 Å². The Morgan fingerprint density at radius 2 is 2.42 bits per heavy atom. The van der Waals surface area contributed by atoms with Crippen LogP contribution in [0.2, 0.25) is 0 Å². The average Bonchev–Trinajstić information content (AvgIpc) is 2.35. The van der Waals surface area contributed by atoms with Crippen molar-refractivity contribution in [3.63, 3.8) is 0 Å². The summed E-state index contributed by atoms with van der Waals surface area (Å²) >= 11 is 3.47. The van der Waals surface area contributed by atoms with Gasteiger partial charge in [0.1, 0.15) is 4.60 Å². The molecule has 0 amide bonds. The molecule has 66 valence electrons. The van der Waals surface area contributed by atoms with Crippen molar-refractivity contribution >= 4 is 15.9 Å². The summed E-state index contributed by atoms with van der Waals surface area (Å²) < 4.78 is 3.13. The molecule has 0 aliphatic carbocycles. The Labute approximate surface area is 80.5 Å². The number of aromatic nitrogens is 2. The van der Waals surface area contributed by atoms with Crippen molar-refractivity contribution in [3.8, 4) is 0 Å².